The van der Waals surface area contributed by atoms with Gasteiger partial charge in [-0.25, -0.2) is 8.78 Å². The summed E-state index contributed by atoms with van der Waals surface area (Å²) in [5, 5.41) is 2.86. The normalized spacial score (nSPS) is 10.4. The van der Waals surface area contributed by atoms with Gasteiger partial charge < -0.3 is 9.88 Å². The van der Waals surface area contributed by atoms with Gasteiger partial charge in [-0.2, -0.15) is 0 Å². The lowest BCUT2D eigenvalue weighted by molar-refractivity contribution is 0.511. The maximum atomic E-state index is 13.3. The highest BCUT2D eigenvalue weighted by Gasteiger charge is 2.06. The highest BCUT2D eigenvalue weighted by molar-refractivity contribution is 5.45. The molecule has 0 fully saturated rings. The summed E-state index contributed by atoms with van der Waals surface area (Å²) in [6, 6.07) is 6.01. The first-order chi connectivity index (χ1) is 7.66. The molecule has 1 N–H and O–H groups in total. The molecule has 2 nitrogen and oxygen atoms in total. The van der Waals surface area contributed by atoms with Crippen molar-refractivity contribution in [2.75, 3.05) is 5.32 Å². The van der Waals surface area contributed by atoms with Gasteiger partial charge in [-0.3, -0.25) is 0 Å². The minimum Gasteiger partial charge on any atom is -0.378 e. The molecule has 1 heterocycles. The van der Waals surface area contributed by atoms with Crippen LogP contribution in [0.15, 0.2) is 36.7 Å². The van der Waals surface area contributed by atoms with E-state index in [1.54, 1.807) is 0 Å². The lowest BCUT2D eigenvalue weighted by Gasteiger charge is -2.06. The van der Waals surface area contributed by atoms with Gasteiger partial charge in [0, 0.05) is 26.0 Å². The quantitative estimate of drug-likeness (QED) is 0.844. The molecule has 0 aliphatic carbocycles. The first-order valence-corrected chi connectivity index (χ1v) is 4.95. The highest BCUT2D eigenvalue weighted by atomic mass is 19.2. The van der Waals surface area contributed by atoms with Gasteiger partial charge in [-0.15, -0.1) is 0 Å². The fraction of sp³-hybridized carbons (Fsp3) is 0.167. The number of halogens is 2. The van der Waals surface area contributed by atoms with Gasteiger partial charge in [0.2, 0.25) is 0 Å². The van der Waals surface area contributed by atoms with Crippen LogP contribution in [0.1, 0.15) is 5.56 Å². The van der Waals surface area contributed by atoms with Crippen molar-refractivity contribution in [2.24, 2.45) is 7.05 Å². The van der Waals surface area contributed by atoms with E-state index < -0.39 is 11.6 Å². The van der Waals surface area contributed by atoms with Gasteiger partial charge in [0.1, 0.15) is 0 Å². The van der Waals surface area contributed by atoms with Gasteiger partial charge >= 0.3 is 0 Å². The standard InChI is InChI=1S/C12H12F2N2/c1-16-6-5-9(8-16)7-15-11-4-2-3-10(13)12(11)14/h2-6,8,15H,7H2,1H3. The van der Waals surface area contributed by atoms with Crippen molar-refractivity contribution in [1.82, 2.24) is 4.57 Å². The molecule has 0 aliphatic heterocycles. The van der Waals surface area contributed by atoms with Crippen LogP contribution < -0.4 is 5.32 Å². The third-order valence-corrected chi connectivity index (χ3v) is 2.33. The zero-order valence-corrected chi connectivity index (χ0v) is 8.87. The van der Waals surface area contributed by atoms with Crippen molar-refractivity contribution in [1.29, 1.82) is 0 Å². The van der Waals surface area contributed by atoms with Crippen molar-refractivity contribution in [2.45, 2.75) is 6.54 Å². The van der Waals surface area contributed by atoms with E-state index in [9.17, 15) is 8.78 Å². The molecular formula is C12H12F2N2. The smallest absolute Gasteiger partial charge is 0.181 e. The van der Waals surface area contributed by atoms with Gasteiger partial charge in [0.05, 0.1) is 5.69 Å². The molecule has 2 aromatic rings. The Morgan fingerprint density at radius 3 is 2.75 bits per heavy atom. The van der Waals surface area contributed by atoms with Gasteiger partial charge in [-0.05, 0) is 23.8 Å². The van der Waals surface area contributed by atoms with Crippen molar-refractivity contribution in [3.63, 3.8) is 0 Å². The van der Waals surface area contributed by atoms with Gasteiger partial charge in [0.25, 0.3) is 0 Å². The van der Waals surface area contributed by atoms with Crippen LogP contribution in [0.4, 0.5) is 14.5 Å². The molecule has 1 aromatic carbocycles. The van der Waals surface area contributed by atoms with E-state index in [0.29, 0.717) is 6.54 Å². The second-order valence-electron chi connectivity index (χ2n) is 3.64. The number of nitrogens with zero attached hydrogens (tertiary/aromatic N) is 1. The summed E-state index contributed by atoms with van der Waals surface area (Å²) in [5.74, 6) is -1.67. The Morgan fingerprint density at radius 2 is 2.06 bits per heavy atom. The Labute approximate surface area is 92.5 Å². The number of nitrogens with one attached hydrogen (secondary N) is 1. The van der Waals surface area contributed by atoms with Crippen molar-refractivity contribution >= 4 is 5.69 Å². The maximum absolute atomic E-state index is 13.3. The molecule has 1 aromatic heterocycles. The number of hydrogen-bond donors (Lipinski definition) is 1. The Kier molecular flexibility index (Phi) is 2.90. The number of rotatable bonds is 3. The Bertz CT molecular complexity index is 492. The van der Waals surface area contributed by atoms with E-state index in [-0.39, 0.29) is 5.69 Å². The van der Waals surface area contributed by atoms with Crippen LogP contribution in [-0.4, -0.2) is 4.57 Å². The molecule has 0 atom stereocenters. The predicted octanol–water partition coefficient (Wildman–Crippen LogP) is 2.92. The maximum Gasteiger partial charge on any atom is 0.181 e. The summed E-state index contributed by atoms with van der Waals surface area (Å²) in [5.41, 5.74) is 1.20. The highest BCUT2D eigenvalue weighted by Crippen LogP contribution is 2.17. The topological polar surface area (TPSA) is 17.0 Å². The minimum absolute atomic E-state index is 0.184. The summed E-state index contributed by atoms with van der Waals surface area (Å²) in [7, 11) is 1.91. The average Bonchev–Trinajstić information content (AvgIpc) is 2.67. The first-order valence-electron chi connectivity index (χ1n) is 4.95. The molecule has 0 aliphatic rings. The lowest BCUT2D eigenvalue weighted by atomic mass is 10.2. The van der Waals surface area contributed by atoms with Gasteiger partial charge in [-0.1, -0.05) is 6.07 Å². The second kappa shape index (κ2) is 4.35. The summed E-state index contributed by atoms with van der Waals surface area (Å²) in [6.07, 6.45) is 3.82. The third kappa shape index (κ3) is 2.21. The van der Waals surface area contributed by atoms with Crippen LogP contribution in [0.25, 0.3) is 0 Å². The molecule has 0 bridgehead atoms. The largest absolute Gasteiger partial charge is 0.378 e. The first kappa shape index (κ1) is 10.7. The number of aryl methyl sites for hydroxylation is 1. The van der Waals surface area contributed by atoms with Gasteiger partial charge in [0.15, 0.2) is 11.6 Å². The molecule has 0 saturated carbocycles. The molecule has 0 radical (unpaired) electrons. The number of benzene rings is 1. The fourth-order valence-corrected chi connectivity index (χ4v) is 1.50. The average molecular weight is 222 g/mol. The second-order valence-corrected chi connectivity index (χ2v) is 3.64. The minimum atomic E-state index is -0.835. The Morgan fingerprint density at radius 1 is 1.25 bits per heavy atom. The lowest BCUT2D eigenvalue weighted by Crippen LogP contribution is -2.01. The number of hydrogen-bond acceptors (Lipinski definition) is 1. The van der Waals surface area contributed by atoms with Crippen LogP contribution >= 0.6 is 0 Å². The Hall–Kier alpha value is -1.84. The Balaban J connectivity index is 2.07. The van der Waals surface area contributed by atoms with E-state index in [1.807, 2.05) is 30.1 Å². The summed E-state index contributed by atoms with van der Waals surface area (Å²) >= 11 is 0. The summed E-state index contributed by atoms with van der Waals surface area (Å²) in [6.45, 7) is 0.473. The van der Waals surface area contributed by atoms with Crippen molar-refractivity contribution < 1.29 is 8.78 Å². The molecule has 0 saturated heterocycles. The molecular weight excluding hydrogens is 210 g/mol. The van der Waals surface area contributed by atoms with E-state index in [4.69, 9.17) is 0 Å². The van der Waals surface area contributed by atoms with Crippen LogP contribution in [0, 0.1) is 11.6 Å². The van der Waals surface area contributed by atoms with E-state index in [1.165, 1.54) is 12.1 Å². The summed E-state index contributed by atoms with van der Waals surface area (Å²) < 4.78 is 28.1. The monoisotopic (exact) mass is 222 g/mol. The van der Waals surface area contributed by atoms with Crippen LogP contribution in [-0.2, 0) is 13.6 Å². The molecule has 2 rings (SSSR count). The molecule has 84 valence electrons. The predicted molar refractivity (Wildman–Crippen MR) is 59.1 cm³/mol. The zero-order valence-electron chi connectivity index (χ0n) is 8.87. The molecule has 4 heteroatoms. The summed E-state index contributed by atoms with van der Waals surface area (Å²) in [4.78, 5) is 0. The SMILES string of the molecule is Cn1ccc(CNc2cccc(F)c2F)c1. The number of aromatic nitrogens is 1. The van der Waals surface area contributed by atoms with E-state index in [2.05, 4.69) is 5.32 Å². The fourth-order valence-electron chi connectivity index (χ4n) is 1.50. The molecule has 0 unspecified atom stereocenters. The molecule has 0 amide bonds. The van der Waals surface area contributed by atoms with Crippen LogP contribution in [0.3, 0.4) is 0 Å². The van der Waals surface area contributed by atoms with Crippen molar-refractivity contribution in [3.05, 3.63) is 53.9 Å². The molecule has 0 spiro atoms. The van der Waals surface area contributed by atoms with E-state index >= 15 is 0 Å². The molecule has 16 heavy (non-hydrogen) atoms. The third-order valence-electron chi connectivity index (χ3n) is 2.33. The van der Waals surface area contributed by atoms with E-state index in [0.717, 1.165) is 11.6 Å². The van der Waals surface area contributed by atoms with Crippen LogP contribution in [0.5, 0.6) is 0 Å². The zero-order chi connectivity index (χ0) is 11.5. The van der Waals surface area contributed by atoms with Crippen LogP contribution in [0.2, 0.25) is 0 Å². The van der Waals surface area contributed by atoms with Crippen molar-refractivity contribution in [3.8, 4) is 0 Å². The number of anilines is 1.